The lowest BCUT2D eigenvalue weighted by molar-refractivity contribution is -0.177. The zero-order chi connectivity index (χ0) is 22.6. The van der Waals surface area contributed by atoms with Crippen LogP contribution in [-0.4, -0.2) is 34.7 Å². The van der Waals surface area contributed by atoms with Crippen molar-refractivity contribution < 1.29 is 19.1 Å². The summed E-state index contributed by atoms with van der Waals surface area (Å²) in [5.74, 6) is 0.940. The number of carbonyl (C=O) groups excluding carboxylic acids is 2. The highest BCUT2D eigenvalue weighted by molar-refractivity contribution is 8.00. The number of aryl methyl sites for hydroxylation is 1. The maximum atomic E-state index is 13.2. The summed E-state index contributed by atoms with van der Waals surface area (Å²) >= 11 is 7.60. The summed E-state index contributed by atoms with van der Waals surface area (Å²) in [7, 11) is 1.59. The molecule has 2 aliphatic rings. The average Bonchev–Trinajstić information content (AvgIpc) is 3.34. The molecule has 4 rings (SSSR count). The molecule has 7 heteroatoms. The molecule has 1 aromatic carbocycles. The number of Topliss-reactive ketones (excluding diaryl/α,β-unsaturated/α-hetero) is 1. The highest BCUT2D eigenvalue weighted by atomic mass is 35.5. The van der Waals surface area contributed by atoms with E-state index in [9.17, 15) is 9.59 Å². The lowest BCUT2D eigenvalue weighted by atomic mass is 9.76. The zero-order valence-corrected chi connectivity index (χ0v) is 19.8. The number of carbonyl (C=O) groups is 2. The number of hydrogen-bond acceptors (Lipinski definition) is 6. The van der Waals surface area contributed by atoms with Crippen molar-refractivity contribution in [1.82, 2.24) is 4.98 Å². The van der Waals surface area contributed by atoms with Crippen LogP contribution < -0.4 is 4.74 Å². The van der Waals surface area contributed by atoms with Gasteiger partial charge >= 0.3 is 5.97 Å². The molecule has 2 fully saturated rings. The Kier molecular flexibility index (Phi) is 7.41. The summed E-state index contributed by atoms with van der Waals surface area (Å²) in [4.78, 5) is 30.5. The van der Waals surface area contributed by atoms with E-state index in [1.54, 1.807) is 13.3 Å². The number of nitrogens with zero attached hydrogens (tertiary/aromatic N) is 1. The molecule has 0 bridgehead atoms. The number of esters is 1. The molecule has 0 amide bonds. The fourth-order valence-electron chi connectivity index (χ4n) is 4.87. The molecule has 2 aromatic rings. The summed E-state index contributed by atoms with van der Waals surface area (Å²) in [6.45, 7) is 0. The Labute approximate surface area is 198 Å². The molecule has 2 unspecified atom stereocenters. The van der Waals surface area contributed by atoms with Gasteiger partial charge in [-0.2, -0.15) is 0 Å². The molecule has 5 nitrogen and oxygen atoms in total. The first kappa shape index (κ1) is 23.1. The predicted molar refractivity (Wildman–Crippen MR) is 126 cm³/mol. The summed E-state index contributed by atoms with van der Waals surface area (Å²) in [6.07, 6.45) is 7.53. The van der Waals surface area contributed by atoms with E-state index in [1.165, 1.54) is 11.8 Å². The number of pyridine rings is 1. The van der Waals surface area contributed by atoms with Crippen molar-refractivity contribution >= 4 is 35.1 Å². The number of cyclic esters (lactones) is 1. The van der Waals surface area contributed by atoms with Crippen molar-refractivity contribution in [2.45, 2.75) is 61.5 Å². The summed E-state index contributed by atoms with van der Waals surface area (Å²) in [5.41, 5.74) is 1.17. The molecule has 0 radical (unpaired) electrons. The van der Waals surface area contributed by atoms with Gasteiger partial charge < -0.3 is 9.47 Å². The van der Waals surface area contributed by atoms with Gasteiger partial charge in [-0.05, 0) is 61.4 Å². The van der Waals surface area contributed by atoms with Crippen molar-refractivity contribution in [2.24, 2.45) is 5.92 Å². The van der Waals surface area contributed by atoms with Crippen LogP contribution in [0.2, 0.25) is 5.02 Å². The van der Waals surface area contributed by atoms with Gasteiger partial charge in [0.2, 0.25) is 0 Å². The molecule has 0 N–H and O–H groups in total. The second kappa shape index (κ2) is 10.3. The Hall–Kier alpha value is -2.05. The van der Waals surface area contributed by atoms with E-state index in [2.05, 4.69) is 4.98 Å². The van der Waals surface area contributed by atoms with E-state index >= 15 is 0 Å². The Morgan fingerprint density at radius 2 is 2.03 bits per heavy atom. The lowest BCUT2D eigenvalue weighted by Gasteiger charge is -2.43. The first-order chi connectivity index (χ1) is 15.5. The van der Waals surface area contributed by atoms with E-state index in [-0.39, 0.29) is 18.1 Å². The quantitative estimate of drug-likeness (QED) is 0.376. The number of ether oxygens (including phenoxy) is 2. The topological polar surface area (TPSA) is 65.5 Å². The smallest absolute Gasteiger partial charge is 0.327 e. The minimum absolute atomic E-state index is 0.0261. The second-order valence-electron chi connectivity index (χ2n) is 8.59. The van der Waals surface area contributed by atoms with Crippen LogP contribution in [0.1, 0.15) is 49.8 Å². The number of aromatic nitrogens is 1. The molecule has 1 aromatic heterocycles. The Balaban J connectivity index is 1.47. The number of halogens is 1. The van der Waals surface area contributed by atoms with E-state index in [4.69, 9.17) is 21.1 Å². The van der Waals surface area contributed by atoms with Crippen molar-refractivity contribution in [3.8, 4) is 5.75 Å². The SMILES string of the molecule is COc1ccc(CCC2(C3CCCC3)CC(=O)C(SCc3ccccn3)C(=O)O2)cc1Cl. The van der Waals surface area contributed by atoms with E-state index in [0.717, 1.165) is 36.9 Å². The fraction of sp³-hybridized carbons (Fsp3) is 0.480. The highest BCUT2D eigenvalue weighted by Crippen LogP contribution is 2.45. The highest BCUT2D eigenvalue weighted by Gasteiger charge is 2.51. The maximum Gasteiger partial charge on any atom is 0.327 e. The van der Waals surface area contributed by atoms with Crippen LogP contribution >= 0.6 is 23.4 Å². The second-order valence-corrected chi connectivity index (χ2v) is 10.1. The summed E-state index contributed by atoms with van der Waals surface area (Å²) in [5, 5.41) is -0.218. The number of hydrogen-bond donors (Lipinski definition) is 0. The largest absolute Gasteiger partial charge is 0.495 e. The van der Waals surface area contributed by atoms with E-state index in [0.29, 0.717) is 29.4 Å². The Morgan fingerprint density at radius 1 is 1.22 bits per heavy atom. The van der Waals surface area contributed by atoms with Gasteiger partial charge in [0.25, 0.3) is 0 Å². The number of thioether (sulfide) groups is 1. The van der Waals surface area contributed by atoms with E-state index < -0.39 is 16.8 Å². The molecule has 1 aliphatic heterocycles. The van der Waals surface area contributed by atoms with Gasteiger partial charge in [-0.1, -0.05) is 36.6 Å². The molecular weight excluding hydrogens is 446 g/mol. The Morgan fingerprint density at radius 3 is 2.69 bits per heavy atom. The molecule has 32 heavy (non-hydrogen) atoms. The van der Waals surface area contributed by atoms with Gasteiger partial charge in [-0.3, -0.25) is 14.6 Å². The van der Waals surface area contributed by atoms with Crippen LogP contribution in [0.15, 0.2) is 42.6 Å². The molecule has 1 saturated heterocycles. The van der Waals surface area contributed by atoms with Crippen molar-refractivity contribution in [3.05, 3.63) is 58.9 Å². The molecule has 2 atom stereocenters. The van der Waals surface area contributed by atoms with E-state index in [1.807, 2.05) is 36.4 Å². The monoisotopic (exact) mass is 473 g/mol. The van der Waals surface area contributed by atoms with Crippen molar-refractivity contribution in [2.75, 3.05) is 7.11 Å². The molecule has 1 saturated carbocycles. The van der Waals surface area contributed by atoms with Gasteiger partial charge in [0, 0.05) is 18.4 Å². The van der Waals surface area contributed by atoms with Gasteiger partial charge in [0.15, 0.2) is 11.0 Å². The number of rotatable bonds is 8. The first-order valence-corrected chi connectivity index (χ1v) is 12.5. The average molecular weight is 474 g/mol. The minimum Gasteiger partial charge on any atom is -0.495 e. The van der Waals surface area contributed by atoms with Crippen LogP contribution in [0, 0.1) is 5.92 Å². The fourth-order valence-corrected chi connectivity index (χ4v) is 6.11. The van der Waals surface area contributed by atoms with Crippen LogP contribution in [0.25, 0.3) is 0 Å². The summed E-state index contributed by atoms with van der Waals surface area (Å²) < 4.78 is 11.4. The van der Waals surface area contributed by atoms with Gasteiger partial charge in [0.05, 0.1) is 17.8 Å². The van der Waals surface area contributed by atoms with Crippen LogP contribution in [0.3, 0.4) is 0 Å². The maximum absolute atomic E-state index is 13.2. The third-order valence-electron chi connectivity index (χ3n) is 6.56. The van der Waals surface area contributed by atoms with Crippen LogP contribution in [-0.2, 0) is 26.5 Å². The third kappa shape index (κ3) is 5.12. The molecular formula is C25H28ClNO4S. The van der Waals surface area contributed by atoms with Crippen molar-refractivity contribution in [3.63, 3.8) is 0 Å². The lowest BCUT2D eigenvalue weighted by Crippen LogP contribution is -2.53. The Bertz CT molecular complexity index is 944. The van der Waals surface area contributed by atoms with Gasteiger partial charge in [-0.15, -0.1) is 11.8 Å². The number of methoxy groups -OCH3 is 1. The minimum atomic E-state index is -0.776. The normalized spacial score (nSPS) is 23.9. The molecule has 2 heterocycles. The molecule has 0 spiro atoms. The predicted octanol–water partition coefficient (Wildman–Crippen LogP) is 5.42. The third-order valence-corrected chi connectivity index (χ3v) is 8.11. The van der Waals surface area contributed by atoms with Gasteiger partial charge in [-0.25, -0.2) is 0 Å². The molecule has 1 aliphatic carbocycles. The zero-order valence-electron chi connectivity index (χ0n) is 18.2. The first-order valence-electron chi connectivity index (χ1n) is 11.1. The van der Waals surface area contributed by atoms with Crippen molar-refractivity contribution in [1.29, 1.82) is 0 Å². The molecule has 170 valence electrons. The van der Waals surface area contributed by atoms with Gasteiger partial charge in [0.1, 0.15) is 11.4 Å². The standard InChI is InChI=1S/C25H28ClNO4S/c1-30-22-10-9-17(14-20(22)26)11-12-25(18-6-2-3-7-18)15-21(28)23(24(29)31-25)32-16-19-8-4-5-13-27-19/h4-5,8-10,13-14,18,23H,2-3,6-7,11-12,15-16H2,1H3. The number of benzene rings is 1. The number of ketones is 1. The summed E-state index contributed by atoms with van der Waals surface area (Å²) in [6, 6.07) is 11.4. The van der Waals surface area contributed by atoms with Crippen LogP contribution in [0.4, 0.5) is 0 Å². The van der Waals surface area contributed by atoms with Crippen LogP contribution in [0.5, 0.6) is 5.75 Å².